The molecule has 3 atom stereocenters. The first-order chi connectivity index (χ1) is 12.5. The lowest BCUT2D eigenvalue weighted by Gasteiger charge is -2.33. The number of rotatable bonds is 7. The molecule has 144 valence electrons. The monoisotopic (exact) mass is 359 g/mol. The van der Waals surface area contributed by atoms with Crippen molar-refractivity contribution in [2.45, 2.75) is 44.9 Å². The smallest absolute Gasteiger partial charge is 0.237 e. The second-order valence-corrected chi connectivity index (χ2v) is 8.23. The van der Waals surface area contributed by atoms with Gasteiger partial charge in [-0.05, 0) is 52.4 Å². The van der Waals surface area contributed by atoms with E-state index in [1.807, 2.05) is 32.4 Å². The van der Waals surface area contributed by atoms with Crippen LogP contribution >= 0.6 is 0 Å². The number of carbonyl (C=O) groups excluding carboxylic acids is 1. The van der Waals surface area contributed by atoms with Crippen molar-refractivity contribution in [1.29, 1.82) is 0 Å². The van der Waals surface area contributed by atoms with Gasteiger partial charge in [0.05, 0.1) is 11.7 Å². The van der Waals surface area contributed by atoms with E-state index in [0.717, 1.165) is 44.8 Å². The minimum atomic E-state index is 0.0177. The Balaban J connectivity index is 1.59. The third kappa shape index (κ3) is 4.42. The largest absolute Gasteiger partial charge is 0.353 e. The lowest BCUT2D eigenvalue weighted by Crippen LogP contribution is -2.51. The molecule has 6 heteroatoms. The van der Waals surface area contributed by atoms with Crippen molar-refractivity contribution in [3.8, 4) is 0 Å². The van der Waals surface area contributed by atoms with Crippen molar-refractivity contribution in [3.63, 3.8) is 0 Å². The third-order valence-corrected chi connectivity index (χ3v) is 5.62. The third-order valence-electron chi connectivity index (χ3n) is 5.62. The second-order valence-electron chi connectivity index (χ2n) is 8.23. The van der Waals surface area contributed by atoms with E-state index in [2.05, 4.69) is 44.9 Å². The molecule has 6 nitrogen and oxygen atoms in total. The number of carbonyl (C=O) groups is 1. The summed E-state index contributed by atoms with van der Waals surface area (Å²) >= 11 is 0. The minimum Gasteiger partial charge on any atom is -0.353 e. The van der Waals surface area contributed by atoms with Gasteiger partial charge in [-0.15, -0.1) is 0 Å². The van der Waals surface area contributed by atoms with Gasteiger partial charge in [0, 0.05) is 51.0 Å². The number of likely N-dealkylation sites (N-methyl/N-ethyl adjacent to an activating group) is 1. The number of amides is 1. The lowest BCUT2D eigenvalue weighted by atomic mass is 10.0. The highest BCUT2D eigenvalue weighted by atomic mass is 16.2. The Hall–Kier alpha value is -1.50. The summed E-state index contributed by atoms with van der Waals surface area (Å²) in [5.74, 6) is 0.775. The molecule has 1 amide bonds. The number of likely N-dealkylation sites (tertiary alicyclic amines) is 2. The van der Waals surface area contributed by atoms with Crippen LogP contribution in [0.5, 0.6) is 0 Å². The Morgan fingerprint density at radius 2 is 2.15 bits per heavy atom. The normalized spacial score (nSPS) is 26.6. The number of nitrogens with zero attached hydrogens (tertiary/aromatic N) is 4. The average Bonchev–Trinajstić information content (AvgIpc) is 3.12. The predicted octanol–water partition coefficient (Wildman–Crippen LogP) is 1.04. The first-order valence-corrected chi connectivity index (χ1v) is 9.78. The van der Waals surface area contributed by atoms with Crippen LogP contribution in [0.1, 0.15) is 26.0 Å². The summed E-state index contributed by atoms with van der Waals surface area (Å²) in [6.07, 6.45) is 2.83. The molecular weight excluding hydrogens is 326 g/mol. The van der Waals surface area contributed by atoms with Crippen LogP contribution in [0.3, 0.4) is 0 Å². The van der Waals surface area contributed by atoms with E-state index in [1.54, 1.807) is 0 Å². The van der Waals surface area contributed by atoms with Crippen LogP contribution in [0.4, 0.5) is 0 Å². The van der Waals surface area contributed by atoms with E-state index in [-0.39, 0.29) is 11.9 Å². The Morgan fingerprint density at radius 3 is 2.81 bits per heavy atom. The van der Waals surface area contributed by atoms with Crippen LogP contribution in [0.15, 0.2) is 24.4 Å². The van der Waals surface area contributed by atoms with E-state index >= 15 is 0 Å². The molecule has 2 saturated heterocycles. The summed E-state index contributed by atoms with van der Waals surface area (Å²) in [5, 5.41) is 3.14. The minimum absolute atomic E-state index is 0.0177. The van der Waals surface area contributed by atoms with Crippen molar-refractivity contribution in [2.75, 3.05) is 40.3 Å². The van der Waals surface area contributed by atoms with E-state index in [0.29, 0.717) is 18.0 Å². The second kappa shape index (κ2) is 8.46. The summed E-state index contributed by atoms with van der Waals surface area (Å²) in [6, 6.07) is 6.97. The maximum Gasteiger partial charge on any atom is 0.237 e. The Kier molecular flexibility index (Phi) is 6.27. The van der Waals surface area contributed by atoms with Gasteiger partial charge in [0.2, 0.25) is 5.91 Å². The van der Waals surface area contributed by atoms with Gasteiger partial charge in [-0.1, -0.05) is 6.07 Å². The maximum atomic E-state index is 12.8. The van der Waals surface area contributed by atoms with Gasteiger partial charge < -0.3 is 10.2 Å². The number of pyridine rings is 1. The molecule has 0 aromatic carbocycles. The molecule has 0 spiro atoms. The first kappa shape index (κ1) is 19.3. The fourth-order valence-corrected chi connectivity index (χ4v) is 4.51. The van der Waals surface area contributed by atoms with Crippen molar-refractivity contribution in [2.24, 2.45) is 5.92 Å². The zero-order valence-electron chi connectivity index (χ0n) is 16.6. The zero-order chi connectivity index (χ0) is 18.7. The summed E-state index contributed by atoms with van der Waals surface area (Å²) < 4.78 is 0. The number of fused-ring (bicyclic) bond motifs is 1. The summed E-state index contributed by atoms with van der Waals surface area (Å²) in [7, 11) is 4.06. The summed E-state index contributed by atoms with van der Waals surface area (Å²) in [6.45, 7) is 9.01. The highest BCUT2D eigenvalue weighted by Crippen LogP contribution is 2.37. The molecule has 0 saturated carbocycles. The van der Waals surface area contributed by atoms with Gasteiger partial charge in [0.25, 0.3) is 0 Å². The number of nitrogens with one attached hydrogen (secondary N) is 1. The standard InChI is InChI=1S/C20H33N5O/c1-15(2)25-18(20(26)22-9-10-23(3)4)11-16-12-24(14-19(16)25)13-17-7-5-6-8-21-17/h5-8,15-16,18-19H,9-14H2,1-4H3,(H,22,26)/t16-,18+,19+/m1/s1. The highest BCUT2D eigenvalue weighted by Gasteiger charge is 2.49. The van der Waals surface area contributed by atoms with E-state index in [9.17, 15) is 4.79 Å². The van der Waals surface area contributed by atoms with Gasteiger partial charge in [-0.25, -0.2) is 0 Å². The van der Waals surface area contributed by atoms with Gasteiger partial charge in [0.15, 0.2) is 0 Å². The van der Waals surface area contributed by atoms with Crippen LogP contribution in [0.2, 0.25) is 0 Å². The quantitative estimate of drug-likeness (QED) is 0.788. The van der Waals surface area contributed by atoms with Crippen LogP contribution in [0, 0.1) is 5.92 Å². The Morgan fingerprint density at radius 1 is 1.35 bits per heavy atom. The van der Waals surface area contributed by atoms with Crippen LogP contribution in [-0.4, -0.2) is 84.0 Å². The van der Waals surface area contributed by atoms with Crippen LogP contribution in [0.25, 0.3) is 0 Å². The molecule has 3 heterocycles. The molecule has 26 heavy (non-hydrogen) atoms. The van der Waals surface area contributed by atoms with Gasteiger partial charge in [-0.2, -0.15) is 0 Å². The molecule has 0 unspecified atom stereocenters. The molecular formula is C20H33N5O. The summed E-state index contributed by atoms with van der Waals surface area (Å²) in [5.41, 5.74) is 1.13. The van der Waals surface area contributed by atoms with Crippen molar-refractivity contribution < 1.29 is 4.79 Å². The molecule has 0 aliphatic carbocycles. The van der Waals surface area contributed by atoms with E-state index in [1.165, 1.54) is 0 Å². The molecule has 2 aliphatic heterocycles. The predicted molar refractivity (Wildman–Crippen MR) is 104 cm³/mol. The fourth-order valence-electron chi connectivity index (χ4n) is 4.51. The molecule has 0 bridgehead atoms. The van der Waals surface area contributed by atoms with E-state index < -0.39 is 0 Å². The van der Waals surface area contributed by atoms with Crippen LogP contribution < -0.4 is 5.32 Å². The van der Waals surface area contributed by atoms with Crippen LogP contribution in [-0.2, 0) is 11.3 Å². The lowest BCUT2D eigenvalue weighted by molar-refractivity contribution is -0.126. The average molecular weight is 360 g/mol. The Bertz CT molecular complexity index is 591. The molecule has 1 N–H and O–H groups in total. The molecule has 3 rings (SSSR count). The van der Waals surface area contributed by atoms with E-state index in [4.69, 9.17) is 0 Å². The fraction of sp³-hybridized carbons (Fsp3) is 0.700. The maximum absolute atomic E-state index is 12.8. The van der Waals surface area contributed by atoms with Gasteiger partial charge in [0.1, 0.15) is 0 Å². The summed E-state index contributed by atoms with van der Waals surface area (Å²) in [4.78, 5) is 24.3. The number of aromatic nitrogens is 1. The SMILES string of the molecule is CC(C)N1[C@H](C(=O)NCCN(C)C)C[C@@H]2CN(Cc3ccccn3)C[C@@H]21. The molecule has 2 fully saturated rings. The number of hydrogen-bond acceptors (Lipinski definition) is 5. The molecule has 1 aromatic rings. The molecule has 2 aliphatic rings. The molecule has 0 radical (unpaired) electrons. The molecule has 1 aromatic heterocycles. The number of hydrogen-bond donors (Lipinski definition) is 1. The van der Waals surface area contributed by atoms with Crippen molar-refractivity contribution >= 4 is 5.91 Å². The Labute approximate surface area is 157 Å². The van der Waals surface area contributed by atoms with Crippen molar-refractivity contribution in [3.05, 3.63) is 30.1 Å². The van der Waals surface area contributed by atoms with Crippen molar-refractivity contribution in [1.82, 2.24) is 25.0 Å². The first-order valence-electron chi connectivity index (χ1n) is 9.78. The van der Waals surface area contributed by atoms with Gasteiger partial charge in [-0.3, -0.25) is 19.6 Å². The highest BCUT2D eigenvalue weighted by molar-refractivity contribution is 5.82. The van der Waals surface area contributed by atoms with Gasteiger partial charge >= 0.3 is 0 Å². The zero-order valence-corrected chi connectivity index (χ0v) is 16.6. The topological polar surface area (TPSA) is 51.7 Å².